The van der Waals surface area contributed by atoms with Crippen molar-refractivity contribution in [2.75, 3.05) is 31.2 Å². The molecule has 1 N–H and O–H groups in total. The summed E-state index contributed by atoms with van der Waals surface area (Å²) in [5.41, 5.74) is 3.59. The van der Waals surface area contributed by atoms with Gasteiger partial charge in [-0.1, -0.05) is 39.7 Å². The number of fused-ring (bicyclic) bond motifs is 3. The number of hydrogen-bond donors (Lipinski definition) is 1. The second-order valence-corrected chi connectivity index (χ2v) is 7.98. The van der Waals surface area contributed by atoms with Gasteiger partial charge in [0.05, 0.1) is 23.9 Å². The molecule has 27 heavy (non-hydrogen) atoms. The normalized spacial score (nSPS) is 16.1. The Labute approximate surface area is 163 Å². The van der Waals surface area contributed by atoms with Crippen LogP contribution in [0.2, 0.25) is 0 Å². The summed E-state index contributed by atoms with van der Waals surface area (Å²) in [6.45, 7) is 9.57. The van der Waals surface area contributed by atoms with Crippen molar-refractivity contribution in [1.82, 2.24) is 4.98 Å². The fourth-order valence-corrected chi connectivity index (χ4v) is 4.23. The molecular weight excluding hydrogens is 336 g/mol. The van der Waals surface area contributed by atoms with Crippen LogP contribution >= 0.6 is 0 Å². The van der Waals surface area contributed by atoms with Crippen LogP contribution in [0.5, 0.6) is 5.75 Å². The van der Waals surface area contributed by atoms with Crippen LogP contribution in [-0.4, -0.2) is 36.4 Å². The molecule has 1 aliphatic rings. The van der Waals surface area contributed by atoms with Crippen molar-refractivity contribution >= 4 is 16.6 Å². The zero-order valence-electron chi connectivity index (χ0n) is 17.1. The number of anilines is 1. The van der Waals surface area contributed by atoms with E-state index in [1.807, 2.05) is 6.20 Å². The quantitative estimate of drug-likeness (QED) is 0.687. The maximum Gasteiger partial charge on any atom is 0.161 e. The van der Waals surface area contributed by atoms with E-state index in [-0.39, 0.29) is 6.61 Å². The summed E-state index contributed by atoms with van der Waals surface area (Å²) in [7, 11) is 0. The number of benzene rings is 1. The summed E-state index contributed by atoms with van der Waals surface area (Å²) in [5.74, 6) is 1.97. The van der Waals surface area contributed by atoms with E-state index in [4.69, 9.17) is 4.74 Å². The molecule has 1 aromatic carbocycles. The minimum absolute atomic E-state index is 0.288. The summed E-state index contributed by atoms with van der Waals surface area (Å²) in [5, 5.41) is 10.6. The highest BCUT2D eigenvalue weighted by atomic mass is 16.5. The van der Waals surface area contributed by atoms with Crippen molar-refractivity contribution in [1.29, 1.82) is 0 Å². The average Bonchev–Trinajstić information content (AvgIpc) is 2.71. The Balaban J connectivity index is 1.83. The molecule has 2 heterocycles. The Morgan fingerprint density at radius 3 is 2.85 bits per heavy atom. The number of ether oxygens (including phenoxy) is 1. The molecule has 1 aromatic heterocycles. The molecule has 0 saturated heterocycles. The molecule has 0 fully saturated rings. The van der Waals surface area contributed by atoms with Gasteiger partial charge in [-0.3, -0.25) is 4.98 Å². The van der Waals surface area contributed by atoms with Crippen LogP contribution < -0.4 is 9.64 Å². The summed E-state index contributed by atoms with van der Waals surface area (Å²) in [6.07, 6.45) is 7.62. The summed E-state index contributed by atoms with van der Waals surface area (Å²) < 4.78 is 5.93. The van der Waals surface area contributed by atoms with Gasteiger partial charge < -0.3 is 14.7 Å². The molecule has 1 aliphatic heterocycles. The van der Waals surface area contributed by atoms with Crippen molar-refractivity contribution in [3.8, 4) is 5.75 Å². The molecule has 2 aromatic rings. The van der Waals surface area contributed by atoms with Gasteiger partial charge >= 0.3 is 0 Å². The van der Waals surface area contributed by atoms with Crippen LogP contribution in [0, 0.1) is 11.8 Å². The highest BCUT2D eigenvalue weighted by Gasteiger charge is 2.23. The van der Waals surface area contributed by atoms with Gasteiger partial charge in [0.25, 0.3) is 0 Å². The van der Waals surface area contributed by atoms with Gasteiger partial charge in [0.15, 0.2) is 5.75 Å². The Morgan fingerprint density at radius 2 is 2.11 bits per heavy atom. The van der Waals surface area contributed by atoms with E-state index in [1.54, 1.807) is 0 Å². The molecular formula is C23H34N2O2. The molecule has 3 rings (SSSR count). The SMILES string of the molecule is CCCC(CCN1CCOc2cnc3ccc(CC)cc3c21)CC(C)CO. The second kappa shape index (κ2) is 9.41. The number of hydrogen-bond acceptors (Lipinski definition) is 4. The fraction of sp³-hybridized carbons (Fsp3) is 0.609. The van der Waals surface area contributed by atoms with Gasteiger partial charge in [0.2, 0.25) is 0 Å². The second-order valence-electron chi connectivity index (χ2n) is 7.98. The lowest BCUT2D eigenvalue weighted by Crippen LogP contribution is -2.34. The average molecular weight is 371 g/mol. The Kier molecular flexibility index (Phi) is 6.95. The van der Waals surface area contributed by atoms with E-state index in [0.29, 0.717) is 11.8 Å². The first-order chi connectivity index (χ1) is 13.2. The third kappa shape index (κ3) is 4.73. The monoisotopic (exact) mass is 370 g/mol. The number of aliphatic hydroxyl groups excluding tert-OH is 1. The van der Waals surface area contributed by atoms with E-state index in [1.165, 1.54) is 29.5 Å². The fourth-order valence-electron chi connectivity index (χ4n) is 4.23. The molecule has 0 spiro atoms. The first-order valence-corrected chi connectivity index (χ1v) is 10.6. The van der Waals surface area contributed by atoms with Gasteiger partial charge in [-0.2, -0.15) is 0 Å². The highest BCUT2D eigenvalue weighted by Crippen LogP contribution is 2.38. The molecule has 0 aliphatic carbocycles. The van der Waals surface area contributed by atoms with E-state index < -0.39 is 0 Å². The largest absolute Gasteiger partial charge is 0.488 e. The molecule has 2 atom stereocenters. The van der Waals surface area contributed by atoms with Crippen LogP contribution in [0.3, 0.4) is 0 Å². The Morgan fingerprint density at radius 1 is 1.26 bits per heavy atom. The van der Waals surface area contributed by atoms with Gasteiger partial charge in [-0.15, -0.1) is 0 Å². The van der Waals surface area contributed by atoms with E-state index in [9.17, 15) is 5.11 Å². The predicted molar refractivity (Wildman–Crippen MR) is 113 cm³/mol. The summed E-state index contributed by atoms with van der Waals surface area (Å²) >= 11 is 0. The number of aliphatic hydroxyl groups is 1. The molecule has 0 bridgehead atoms. The molecule has 0 saturated carbocycles. The standard InChI is InChI=1S/C23H34N2O2/c1-4-6-19(13-17(3)16-26)9-10-25-11-12-27-22-15-24-21-8-7-18(5-2)14-20(21)23(22)25/h7-8,14-15,17,19,26H,4-6,9-13,16H2,1-3H3. The van der Waals surface area contributed by atoms with Crippen molar-refractivity contribution in [3.05, 3.63) is 30.0 Å². The molecule has 148 valence electrons. The first-order valence-electron chi connectivity index (χ1n) is 10.6. The Hall–Kier alpha value is -1.81. The number of pyridine rings is 1. The van der Waals surface area contributed by atoms with Crippen molar-refractivity contribution in [2.45, 2.75) is 52.9 Å². The minimum atomic E-state index is 0.288. The van der Waals surface area contributed by atoms with Crippen molar-refractivity contribution in [2.24, 2.45) is 11.8 Å². The maximum atomic E-state index is 9.43. The van der Waals surface area contributed by atoms with Crippen LogP contribution in [-0.2, 0) is 6.42 Å². The molecule has 0 radical (unpaired) electrons. The number of rotatable bonds is 9. The first kappa shape index (κ1) is 19.9. The van der Waals surface area contributed by atoms with Crippen LogP contribution in [0.25, 0.3) is 10.9 Å². The molecule has 0 amide bonds. The number of aryl methyl sites for hydroxylation is 1. The maximum absolute atomic E-state index is 9.43. The van der Waals surface area contributed by atoms with E-state index >= 15 is 0 Å². The lowest BCUT2D eigenvalue weighted by molar-refractivity contribution is 0.205. The third-order valence-electron chi connectivity index (χ3n) is 5.77. The smallest absolute Gasteiger partial charge is 0.161 e. The van der Waals surface area contributed by atoms with E-state index in [0.717, 1.165) is 50.2 Å². The lowest BCUT2D eigenvalue weighted by Gasteiger charge is -2.33. The number of nitrogens with zero attached hydrogens (tertiary/aromatic N) is 2. The van der Waals surface area contributed by atoms with Crippen LogP contribution in [0.4, 0.5) is 5.69 Å². The predicted octanol–water partition coefficient (Wildman–Crippen LogP) is 4.82. The number of aromatic nitrogens is 1. The molecule has 4 nitrogen and oxygen atoms in total. The van der Waals surface area contributed by atoms with Crippen LogP contribution in [0.15, 0.2) is 24.4 Å². The van der Waals surface area contributed by atoms with Gasteiger partial charge in [-0.05, 0) is 48.8 Å². The third-order valence-corrected chi connectivity index (χ3v) is 5.77. The zero-order chi connectivity index (χ0) is 19.2. The minimum Gasteiger partial charge on any atom is -0.488 e. The van der Waals surface area contributed by atoms with E-state index in [2.05, 4.69) is 48.9 Å². The van der Waals surface area contributed by atoms with Crippen molar-refractivity contribution in [3.63, 3.8) is 0 Å². The van der Waals surface area contributed by atoms with Crippen molar-refractivity contribution < 1.29 is 9.84 Å². The van der Waals surface area contributed by atoms with Gasteiger partial charge in [-0.25, -0.2) is 0 Å². The molecule has 2 unspecified atom stereocenters. The van der Waals surface area contributed by atoms with Crippen LogP contribution in [0.1, 0.15) is 52.0 Å². The van der Waals surface area contributed by atoms with Gasteiger partial charge in [0, 0.05) is 18.5 Å². The van der Waals surface area contributed by atoms with Gasteiger partial charge in [0.1, 0.15) is 6.61 Å². The summed E-state index contributed by atoms with van der Waals surface area (Å²) in [6, 6.07) is 6.58. The molecule has 4 heteroatoms. The lowest BCUT2D eigenvalue weighted by atomic mass is 9.89. The summed E-state index contributed by atoms with van der Waals surface area (Å²) in [4.78, 5) is 7.09. The highest BCUT2D eigenvalue weighted by molar-refractivity contribution is 5.95. The zero-order valence-corrected chi connectivity index (χ0v) is 17.1. The topological polar surface area (TPSA) is 45.6 Å². The Bertz CT molecular complexity index is 741.